The van der Waals surface area contributed by atoms with Gasteiger partial charge < -0.3 is 30.2 Å². The predicted molar refractivity (Wildman–Crippen MR) is 169 cm³/mol. The first-order valence-electron chi connectivity index (χ1n) is 13.6. The van der Waals surface area contributed by atoms with Gasteiger partial charge >= 0.3 is 0 Å². The molecule has 5 rings (SSSR count). The fourth-order valence-corrected chi connectivity index (χ4v) is 6.72. The molecule has 41 heavy (non-hydrogen) atoms. The van der Waals surface area contributed by atoms with Crippen LogP contribution in [0, 0.1) is 0 Å². The van der Waals surface area contributed by atoms with Gasteiger partial charge in [0.1, 0.15) is 30.0 Å². The number of rotatable bonds is 8. The fourth-order valence-electron chi connectivity index (χ4n) is 5.04. The largest absolute Gasteiger partial charge is 0.479 e. The van der Waals surface area contributed by atoms with Crippen LogP contribution in [0.1, 0.15) is 25.8 Å². The minimum Gasteiger partial charge on any atom is -0.479 e. The second-order valence-corrected chi connectivity index (χ2v) is 14.4. The summed E-state index contributed by atoms with van der Waals surface area (Å²) < 4.78 is 19.7. The smallest absolute Gasteiger partial charge is 0.239 e. The van der Waals surface area contributed by atoms with Crippen molar-refractivity contribution in [2.45, 2.75) is 32.7 Å². The van der Waals surface area contributed by atoms with Crippen molar-refractivity contribution in [1.82, 2.24) is 30.2 Å². The number of halogens is 1. The number of benzene rings is 1. The van der Waals surface area contributed by atoms with Crippen molar-refractivity contribution in [1.29, 1.82) is 0 Å². The van der Waals surface area contributed by atoms with E-state index >= 15 is 0 Å². The Bertz CT molecular complexity index is 1610. The van der Waals surface area contributed by atoms with Crippen LogP contribution in [0.3, 0.4) is 0 Å². The number of hydrogen-bond donors (Lipinski definition) is 3. The molecule has 11 nitrogen and oxygen atoms in total. The number of methoxy groups -OCH3 is 1. The maximum absolute atomic E-state index is 13.4. The second-order valence-electron chi connectivity index (χ2n) is 10.4. The summed E-state index contributed by atoms with van der Waals surface area (Å²) in [4.78, 5) is 25.3. The molecule has 4 aromatic rings. The molecular weight excluding hydrogens is 605 g/mol. The molecule has 4 heterocycles. The van der Waals surface area contributed by atoms with Gasteiger partial charge in [0.05, 0.1) is 28.1 Å². The molecule has 1 aliphatic rings. The number of nitrogens with zero attached hydrogens (tertiary/aromatic N) is 6. The lowest BCUT2D eigenvalue weighted by Gasteiger charge is -2.27. The average Bonchev–Trinajstić information content (AvgIpc) is 3.17. The first-order chi connectivity index (χ1) is 19.7. The van der Waals surface area contributed by atoms with Gasteiger partial charge in [-0.25, -0.2) is 4.98 Å². The number of ether oxygens (including phenoxy) is 1. The van der Waals surface area contributed by atoms with Crippen molar-refractivity contribution in [2.75, 3.05) is 55.6 Å². The van der Waals surface area contributed by atoms with Crippen LogP contribution in [-0.4, -0.2) is 71.0 Å². The van der Waals surface area contributed by atoms with E-state index in [9.17, 15) is 4.57 Å². The fraction of sp³-hybridized carbons (Fsp3) is 0.393. The van der Waals surface area contributed by atoms with E-state index in [4.69, 9.17) is 14.7 Å². The van der Waals surface area contributed by atoms with Gasteiger partial charge in [0.15, 0.2) is 0 Å². The van der Waals surface area contributed by atoms with Gasteiger partial charge in [0.25, 0.3) is 0 Å². The average molecular weight is 641 g/mol. The first-order valence-corrected chi connectivity index (χ1v) is 17.0. The zero-order chi connectivity index (χ0) is 29.1. The van der Waals surface area contributed by atoms with Gasteiger partial charge in [-0.15, -0.1) is 0 Å². The summed E-state index contributed by atoms with van der Waals surface area (Å²) in [5.41, 5.74) is 3.72. The standard InChI is InChI=1S/C28H35BrN9O2P/c1-6-18-14-22(27(40-3)37-26(18)38-13-7-10-30-17(2)16-38)35-28-33-15-19(29)25(36-28)34-21-9-8-20-23(32-12-11-31-20)24(21)41(4,5)39/h8-9,11-12,14-15,17,30H,6-7,10,13,16H2,1-5H3,(H2,33,34,35,36). The minimum absolute atomic E-state index is 0.358. The van der Waals surface area contributed by atoms with Gasteiger partial charge in [-0.2, -0.15) is 9.97 Å². The summed E-state index contributed by atoms with van der Waals surface area (Å²) >= 11 is 3.55. The van der Waals surface area contributed by atoms with Gasteiger partial charge in [0.2, 0.25) is 11.8 Å². The SMILES string of the molecule is CCc1cc(Nc2ncc(Br)c(Nc3ccc4nccnc4c3P(C)(C)=O)n2)c(OC)nc1N1CCCNC(C)C1. The van der Waals surface area contributed by atoms with Crippen LogP contribution in [0.5, 0.6) is 5.88 Å². The molecule has 1 saturated heterocycles. The quantitative estimate of drug-likeness (QED) is 0.223. The zero-order valence-corrected chi connectivity index (χ0v) is 26.4. The highest BCUT2D eigenvalue weighted by molar-refractivity contribution is 9.10. The second kappa shape index (κ2) is 12.3. The summed E-state index contributed by atoms with van der Waals surface area (Å²) in [5, 5.41) is 10.8. The number of aryl methyl sites for hydroxylation is 1. The van der Waals surface area contributed by atoms with Crippen LogP contribution < -0.4 is 30.9 Å². The summed E-state index contributed by atoms with van der Waals surface area (Å²) in [5.74, 6) is 2.28. The lowest BCUT2D eigenvalue weighted by molar-refractivity contribution is 0.399. The van der Waals surface area contributed by atoms with Crippen LogP contribution in [0.2, 0.25) is 0 Å². The molecule has 3 N–H and O–H groups in total. The summed E-state index contributed by atoms with van der Waals surface area (Å²) in [6, 6.07) is 6.14. The zero-order valence-electron chi connectivity index (χ0n) is 23.9. The van der Waals surface area contributed by atoms with Crippen molar-refractivity contribution in [3.63, 3.8) is 0 Å². The normalized spacial score (nSPS) is 16.0. The van der Waals surface area contributed by atoms with Gasteiger partial charge in [-0.05, 0) is 79.3 Å². The summed E-state index contributed by atoms with van der Waals surface area (Å²) in [7, 11) is -1.12. The molecule has 1 aromatic carbocycles. The third kappa shape index (κ3) is 6.45. The van der Waals surface area contributed by atoms with Gasteiger partial charge in [-0.1, -0.05) is 6.92 Å². The Hall–Kier alpha value is -3.34. The number of anilines is 5. The Morgan fingerprint density at radius 2 is 1.95 bits per heavy atom. The van der Waals surface area contributed by atoms with E-state index in [1.165, 1.54) is 0 Å². The monoisotopic (exact) mass is 639 g/mol. The Morgan fingerprint density at radius 3 is 2.71 bits per heavy atom. The molecule has 1 fully saturated rings. The van der Waals surface area contributed by atoms with E-state index < -0.39 is 7.14 Å². The Kier molecular flexibility index (Phi) is 8.72. The molecule has 0 saturated carbocycles. The first kappa shape index (κ1) is 29.2. The third-order valence-corrected chi connectivity index (χ3v) is 9.02. The van der Waals surface area contributed by atoms with Crippen LogP contribution in [0.4, 0.5) is 29.0 Å². The molecule has 13 heteroatoms. The number of nitrogens with one attached hydrogen (secondary N) is 3. The van der Waals surface area contributed by atoms with E-state index in [1.54, 1.807) is 39.0 Å². The molecule has 1 aliphatic heterocycles. The highest BCUT2D eigenvalue weighted by Gasteiger charge is 2.23. The van der Waals surface area contributed by atoms with Crippen molar-refractivity contribution in [2.24, 2.45) is 0 Å². The molecule has 0 aliphatic carbocycles. The van der Waals surface area contributed by atoms with E-state index in [1.807, 2.05) is 12.1 Å². The highest BCUT2D eigenvalue weighted by Crippen LogP contribution is 2.41. The minimum atomic E-state index is -2.74. The number of hydrogen-bond acceptors (Lipinski definition) is 11. The number of pyridine rings is 1. The van der Waals surface area contributed by atoms with E-state index in [-0.39, 0.29) is 0 Å². The van der Waals surface area contributed by atoms with Crippen molar-refractivity contribution in [3.8, 4) is 5.88 Å². The lowest BCUT2D eigenvalue weighted by Crippen LogP contribution is -2.36. The Morgan fingerprint density at radius 1 is 1.15 bits per heavy atom. The lowest BCUT2D eigenvalue weighted by atomic mass is 10.1. The molecule has 0 radical (unpaired) electrons. The third-order valence-electron chi connectivity index (χ3n) is 6.91. The number of fused-ring (bicyclic) bond motifs is 1. The van der Waals surface area contributed by atoms with Crippen LogP contribution in [0.15, 0.2) is 41.3 Å². The summed E-state index contributed by atoms with van der Waals surface area (Å²) in [6.07, 6.45) is 6.76. The van der Waals surface area contributed by atoms with Crippen LogP contribution in [-0.2, 0) is 11.0 Å². The molecule has 216 valence electrons. The number of aromatic nitrogens is 5. The van der Waals surface area contributed by atoms with Crippen LogP contribution >= 0.6 is 23.1 Å². The van der Waals surface area contributed by atoms with Crippen molar-refractivity contribution < 1.29 is 9.30 Å². The molecule has 0 amide bonds. The predicted octanol–water partition coefficient (Wildman–Crippen LogP) is 5.07. The molecule has 0 bridgehead atoms. The molecule has 0 spiro atoms. The Balaban J connectivity index is 1.48. The van der Waals surface area contributed by atoms with Gasteiger partial charge in [0, 0.05) is 37.7 Å². The molecule has 1 atom stereocenters. The van der Waals surface area contributed by atoms with Gasteiger partial charge in [-0.3, -0.25) is 9.97 Å². The molecular formula is C28H35BrN9O2P. The molecule has 3 aromatic heterocycles. The van der Waals surface area contributed by atoms with Crippen molar-refractivity contribution in [3.05, 3.63) is 46.8 Å². The maximum atomic E-state index is 13.4. The highest BCUT2D eigenvalue weighted by atomic mass is 79.9. The summed E-state index contributed by atoms with van der Waals surface area (Å²) in [6.45, 7) is 10.6. The van der Waals surface area contributed by atoms with Crippen LogP contribution in [0.25, 0.3) is 11.0 Å². The van der Waals surface area contributed by atoms with E-state index in [0.29, 0.717) is 55.9 Å². The maximum Gasteiger partial charge on any atom is 0.239 e. The molecule has 1 unspecified atom stereocenters. The Labute approximate surface area is 248 Å². The van der Waals surface area contributed by atoms with E-state index in [2.05, 4.69) is 71.6 Å². The van der Waals surface area contributed by atoms with Crippen molar-refractivity contribution >= 4 is 68.4 Å². The topological polar surface area (TPSA) is 130 Å². The van der Waals surface area contributed by atoms with E-state index in [0.717, 1.165) is 43.9 Å².